The lowest BCUT2D eigenvalue weighted by Crippen LogP contribution is -2.40. The molecule has 2 aromatic heterocycles. The van der Waals surface area contributed by atoms with Gasteiger partial charge in [0.15, 0.2) is 0 Å². The summed E-state index contributed by atoms with van der Waals surface area (Å²) < 4.78 is 8.04. The van der Waals surface area contributed by atoms with Gasteiger partial charge >= 0.3 is 0 Å². The molecular formula is C19H25N3O2. The van der Waals surface area contributed by atoms with Crippen LogP contribution in [0.1, 0.15) is 55.1 Å². The van der Waals surface area contributed by atoms with Crippen molar-refractivity contribution in [3.8, 4) is 0 Å². The molecule has 3 atom stereocenters. The fourth-order valence-corrected chi connectivity index (χ4v) is 3.69. The smallest absolute Gasteiger partial charge is 0.220 e. The van der Waals surface area contributed by atoms with E-state index in [1.54, 1.807) is 0 Å². The Bertz CT molecular complexity index is 746. The van der Waals surface area contributed by atoms with Crippen molar-refractivity contribution in [1.82, 2.24) is 14.9 Å². The second-order valence-electron chi connectivity index (χ2n) is 7.38. The zero-order chi connectivity index (χ0) is 16.7. The Kier molecular flexibility index (Phi) is 3.94. The van der Waals surface area contributed by atoms with Gasteiger partial charge in [0.25, 0.3) is 0 Å². The van der Waals surface area contributed by atoms with Gasteiger partial charge in [0.1, 0.15) is 17.3 Å². The quantitative estimate of drug-likeness (QED) is 0.918. The molecule has 5 heteroatoms. The summed E-state index contributed by atoms with van der Waals surface area (Å²) in [7, 11) is 0. The SMILES string of the molecule is Cc1cn2c(n1)CC[C@H](NC(=O)CCc1ccc([C@H]3C[C@@H]3C)o1)C2. The summed E-state index contributed by atoms with van der Waals surface area (Å²) in [5.41, 5.74) is 1.05. The van der Waals surface area contributed by atoms with Crippen LogP contribution >= 0.6 is 0 Å². The van der Waals surface area contributed by atoms with Crippen LogP contribution in [-0.4, -0.2) is 21.5 Å². The molecule has 3 heterocycles. The van der Waals surface area contributed by atoms with Crippen molar-refractivity contribution in [2.75, 3.05) is 0 Å². The topological polar surface area (TPSA) is 60.1 Å². The number of nitrogens with one attached hydrogen (secondary N) is 1. The Morgan fingerprint density at radius 3 is 3.08 bits per heavy atom. The minimum absolute atomic E-state index is 0.109. The van der Waals surface area contributed by atoms with Gasteiger partial charge < -0.3 is 14.3 Å². The Morgan fingerprint density at radius 2 is 2.29 bits per heavy atom. The summed E-state index contributed by atoms with van der Waals surface area (Å²) in [4.78, 5) is 16.7. The fourth-order valence-electron chi connectivity index (χ4n) is 3.69. The molecule has 1 aliphatic carbocycles. The highest BCUT2D eigenvalue weighted by Gasteiger charge is 2.36. The second kappa shape index (κ2) is 6.11. The molecule has 1 saturated carbocycles. The molecule has 1 N–H and O–H groups in total. The van der Waals surface area contributed by atoms with E-state index in [1.807, 2.05) is 13.0 Å². The summed E-state index contributed by atoms with van der Waals surface area (Å²) in [6.07, 6.45) is 6.35. The number of hydrogen-bond acceptors (Lipinski definition) is 3. The summed E-state index contributed by atoms with van der Waals surface area (Å²) in [5.74, 6) is 4.61. The molecule has 128 valence electrons. The van der Waals surface area contributed by atoms with Crippen LogP contribution in [0, 0.1) is 12.8 Å². The first kappa shape index (κ1) is 15.5. The first-order valence-electron chi connectivity index (χ1n) is 8.99. The molecule has 0 aromatic carbocycles. The zero-order valence-electron chi connectivity index (χ0n) is 14.4. The van der Waals surface area contributed by atoms with E-state index in [4.69, 9.17) is 4.42 Å². The average molecular weight is 327 g/mol. The van der Waals surface area contributed by atoms with Gasteiger partial charge in [0, 0.05) is 44.0 Å². The number of amides is 1. The van der Waals surface area contributed by atoms with Crippen molar-refractivity contribution >= 4 is 5.91 Å². The summed E-state index contributed by atoms with van der Waals surface area (Å²) in [6, 6.07) is 4.30. The lowest BCUT2D eigenvalue weighted by molar-refractivity contribution is -0.122. The third-order valence-corrected chi connectivity index (χ3v) is 5.23. The first-order valence-corrected chi connectivity index (χ1v) is 8.99. The predicted molar refractivity (Wildman–Crippen MR) is 90.8 cm³/mol. The second-order valence-corrected chi connectivity index (χ2v) is 7.38. The maximum Gasteiger partial charge on any atom is 0.220 e. The van der Waals surface area contributed by atoms with E-state index in [2.05, 4.69) is 34.1 Å². The van der Waals surface area contributed by atoms with Crippen LogP contribution in [0.15, 0.2) is 22.7 Å². The minimum atomic E-state index is 0.109. The Hall–Kier alpha value is -2.04. The monoisotopic (exact) mass is 327 g/mol. The zero-order valence-corrected chi connectivity index (χ0v) is 14.4. The Labute approximate surface area is 142 Å². The van der Waals surface area contributed by atoms with E-state index in [1.165, 1.54) is 6.42 Å². The van der Waals surface area contributed by atoms with Crippen LogP contribution in [0.5, 0.6) is 0 Å². The molecule has 0 spiro atoms. The van der Waals surface area contributed by atoms with Gasteiger partial charge in [-0.15, -0.1) is 0 Å². The molecule has 2 aromatic rings. The van der Waals surface area contributed by atoms with Crippen LogP contribution in [0.2, 0.25) is 0 Å². The number of aryl methyl sites for hydroxylation is 3. The maximum atomic E-state index is 12.2. The number of furan rings is 1. The average Bonchev–Trinajstić information content (AvgIpc) is 2.97. The van der Waals surface area contributed by atoms with Crippen molar-refractivity contribution in [2.24, 2.45) is 5.92 Å². The number of fused-ring (bicyclic) bond motifs is 1. The van der Waals surface area contributed by atoms with Crippen LogP contribution in [0.25, 0.3) is 0 Å². The van der Waals surface area contributed by atoms with Gasteiger partial charge in [-0.05, 0) is 37.8 Å². The maximum absolute atomic E-state index is 12.2. The van der Waals surface area contributed by atoms with Gasteiger partial charge in [-0.2, -0.15) is 0 Å². The fraction of sp³-hybridized carbons (Fsp3) is 0.579. The molecule has 0 bridgehead atoms. The van der Waals surface area contributed by atoms with Gasteiger partial charge in [-0.3, -0.25) is 4.79 Å². The lowest BCUT2D eigenvalue weighted by atomic mass is 10.1. The van der Waals surface area contributed by atoms with E-state index in [0.717, 1.165) is 48.3 Å². The molecule has 1 fully saturated rings. The standard InChI is InChI=1S/C19H25N3O2/c1-12-9-16(12)17-6-4-15(24-17)5-8-19(23)21-14-3-7-18-20-13(2)10-22(18)11-14/h4,6,10,12,14,16H,3,5,7-9,11H2,1-2H3,(H,21,23)/t12-,14-,16-/m0/s1. The van der Waals surface area contributed by atoms with Crippen LogP contribution in [-0.2, 0) is 24.2 Å². The number of nitrogens with zero attached hydrogens (tertiary/aromatic N) is 2. The van der Waals surface area contributed by atoms with Crippen molar-refractivity contribution in [3.63, 3.8) is 0 Å². The van der Waals surface area contributed by atoms with Gasteiger partial charge in [0.05, 0.1) is 5.69 Å². The Morgan fingerprint density at radius 1 is 1.46 bits per heavy atom. The molecule has 5 nitrogen and oxygen atoms in total. The highest BCUT2D eigenvalue weighted by molar-refractivity contribution is 5.76. The first-order chi connectivity index (χ1) is 11.6. The van der Waals surface area contributed by atoms with Crippen molar-refractivity contribution in [2.45, 2.75) is 64.5 Å². The van der Waals surface area contributed by atoms with Crippen LogP contribution in [0.3, 0.4) is 0 Å². The lowest BCUT2D eigenvalue weighted by Gasteiger charge is -2.24. The molecule has 24 heavy (non-hydrogen) atoms. The summed E-state index contributed by atoms with van der Waals surface area (Å²) >= 11 is 0. The van der Waals surface area contributed by atoms with Crippen LogP contribution in [0.4, 0.5) is 0 Å². The van der Waals surface area contributed by atoms with E-state index in [0.29, 0.717) is 18.8 Å². The minimum Gasteiger partial charge on any atom is -0.466 e. The normalized spacial score (nSPS) is 25.3. The van der Waals surface area contributed by atoms with E-state index >= 15 is 0 Å². The summed E-state index contributed by atoms with van der Waals surface area (Å²) in [5, 5.41) is 3.16. The largest absolute Gasteiger partial charge is 0.466 e. The molecule has 0 unspecified atom stereocenters. The van der Waals surface area contributed by atoms with E-state index < -0.39 is 0 Å². The predicted octanol–water partition coefficient (Wildman–Crippen LogP) is 2.97. The van der Waals surface area contributed by atoms with E-state index in [9.17, 15) is 4.79 Å². The third kappa shape index (κ3) is 3.25. The van der Waals surface area contributed by atoms with Gasteiger partial charge in [0.2, 0.25) is 5.91 Å². The molecule has 0 radical (unpaired) electrons. The molecule has 1 aliphatic heterocycles. The number of hydrogen-bond donors (Lipinski definition) is 1. The molecule has 4 rings (SSSR count). The van der Waals surface area contributed by atoms with Gasteiger partial charge in [-0.1, -0.05) is 6.92 Å². The number of rotatable bonds is 5. The van der Waals surface area contributed by atoms with Crippen LogP contribution < -0.4 is 5.32 Å². The Balaban J connectivity index is 1.26. The number of carbonyl (C=O) groups is 1. The number of imidazole rings is 1. The molecule has 2 aliphatic rings. The van der Waals surface area contributed by atoms with E-state index in [-0.39, 0.29) is 11.9 Å². The molecular weight excluding hydrogens is 302 g/mol. The van der Waals surface area contributed by atoms with Gasteiger partial charge in [-0.25, -0.2) is 4.98 Å². The summed E-state index contributed by atoms with van der Waals surface area (Å²) in [6.45, 7) is 5.09. The number of aromatic nitrogens is 2. The highest BCUT2D eigenvalue weighted by Crippen LogP contribution is 2.47. The molecule has 1 amide bonds. The van der Waals surface area contributed by atoms with Crippen molar-refractivity contribution in [3.05, 3.63) is 41.4 Å². The number of carbonyl (C=O) groups excluding carboxylic acids is 1. The van der Waals surface area contributed by atoms with Crippen molar-refractivity contribution in [1.29, 1.82) is 0 Å². The third-order valence-electron chi connectivity index (χ3n) is 5.23. The van der Waals surface area contributed by atoms with Crippen molar-refractivity contribution < 1.29 is 9.21 Å². The highest BCUT2D eigenvalue weighted by atomic mass is 16.3. The molecule has 0 saturated heterocycles.